The third-order valence-corrected chi connectivity index (χ3v) is 11.5. The van der Waals surface area contributed by atoms with Gasteiger partial charge in [-0.15, -0.1) is 0 Å². The number of esters is 3. The standard InChI is InChI=1S/C52H98O6/c1-4-7-10-13-16-19-22-23-24-25-26-27-28-31-33-36-39-42-45-51(54)57-48-49(58-52(55)46-43-40-37-34-30-21-18-15-12-9-6-3)47-56-50(53)44-41-38-35-32-29-20-17-14-11-8-5-2/h15,18,49H,4-14,16-17,19-48H2,1-3H3/b18-15-. The molecule has 6 nitrogen and oxygen atoms in total. The Bertz CT molecular complexity index is 900. The van der Waals surface area contributed by atoms with Crippen LogP contribution in [0.15, 0.2) is 12.2 Å². The zero-order chi connectivity index (χ0) is 42.3. The largest absolute Gasteiger partial charge is 0.462 e. The summed E-state index contributed by atoms with van der Waals surface area (Å²) in [5.74, 6) is -0.864. The molecule has 0 aliphatic rings. The van der Waals surface area contributed by atoms with Crippen LogP contribution in [0.25, 0.3) is 0 Å². The SMILES string of the molecule is CCCC/C=C\CCCCCCCC(=O)OC(COC(=O)CCCCCCCCCCCCC)COC(=O)CCCCCCCCCCCCCCCCCCCC. The summed E-state index contributed by atoms with van der Waals surface area (Å²) < 4.78 is 16.8. The van der Waals surface area contributed by atoms with Crippen molar-refractivity contribution in [1.82, 2.24) is 0 Å². The van der Waals surface area contributed by atoms with E-state index in [2.05, 4.69) is 32.9 Å². The second-order valence-electron chi connectivity index (χ2n) is 17.4. The average molecular weight is 819 g/mol. The molecule has 342 valence electrons. The molecule has 0 amide bonds. The van der Waals surface area contributed by atoms with Gasteiger partial charge in [-0.3, -0.25) is 14.4 Å². The van der Waals surface area contributed by atoms with Gasteiger partial charge in [-0.25, -0.2) is 0 Å². The molecule has 0 rings (SSSR count). The van der Waals surface area contributed by atoms with Crippen molar-refractivity contribution in [3.8, 4) is 0 Å². The monoisotopic (exact) mass is 819 g/mol. The van der Waals surface area contributed by atoms with Crippen LogP contribution in [0.5, 0.6) is 0 Å². The first-order valence-corrected chi connectivity index (χ1v) is 25.7. The van der Waals surface area contributed by atoms with Gasteiger partial charge in [0.05, 0.1) is 0 Å². The van der Waals surface area contributed by atoms with E-state index in [-0.39, 0.29) is 31.1 Å². The lowest BCUT2D eigenvalue weighted by molar-refractivity contribution is -0.167. The van der Waals surface area contributed by atoms with Crippen molar-refractivity contribution in [2.24, 2.45) is 0 Å². The van der Waals surface area contributed by atoms with Crippen molar-refractivity contribution < 1.29 is 28.6 Å². The Kier molecular flexibility index (Phi) is 46.3. The normalized spacial score (nSPS) is 12.0. The number of allylic oxidation sites excluding steroid dienone is 2. The van der Waals surface area contributed by atoms with E-state index in [0.717, 1.165) is 64.2 Å². The second-order valence-corrected chi connectivity index (χ2v) is 17.4. The third-order valence-electron chi connectivity index (χ3n) is 11.5. The lowest BCUT2D eigenvalue weighted by Crippen LogP contribution is -2.30. The van der Waals surface area contributed by atoms with Gasteiger partial charge < -0.3 is 14.2 Å². The van der Waals surface area contributed by atoms with E-state index < -0.39 is 6.10 Å². The fourth-order valence-electron chi connectivity index (χ4n) is 7.60. The summed E-state index contributed by atoms with van der Waals surface area (Å²) >= 11 is 0. The van der Waals surface area contributed by atoms with E-state index in [0.29, 0.717) is 19.3 Å². The molecule has 0 aromatic rings. The van der Waals surface area contributed by atoms with Gasteiger partial charge in [0.1, 0.15) is 13.2 Å². The van der Waals surface area contributed by atoms with Crippen LogP contribution in [0.3, 0.4) is 0 Å². The topological polar surface area (TPSA) is 78.9 Å². The minimum Gasteiger partial charge on any atom is -0.462 e. The Morgan fingerprint density at radius 3 is 0.914 bits per heavy atom. The summed E-state index contributed by atoms with van der Waals surface area (Å²) in [6.45, 7) is 6.62. The van der Waals surface area contributed by atoms with Gasteiger partial charge in [-0.2, -0.15) is 0 Å². The summed E-state index contributed by atoms with van der Waals surface area (Å²) in [5, 5.41) is 0. The summed E-state index contributed by atoms with van der Waals surface area (Å²) in [7, 11) is 0. The molecule has 0 heterocycles. The van der Waals surface area contributed by atoms with Gasteiger partial charge in [0.25, 0.3) is 0 Å². The molecular formula is C52H98O6. The average Bonchev–Trinajstić information content (AvgIpc) is 3.22. The summed E-state index contributed by atoms with van der Waals surface area (Å²) in [5.41, 5.74) is 0. The molecule has 0 aromatic heterocycles. The van der Waals surface area contributed by atoms with Crippen molar-refractivity contribution in [3.05, 3.63) is 12.2 Å². The number of rotatable bonds is 47. The maximum absolute atomic E-state index is 12.7. The minimum absolute atomic E-state index is 0.0683. The van der Waals surface area contributed by atoms with Crippen molar-refractivity contribution >= 4 is 17.9 Å². The molecule has 0 aromatic carbocycles. The first-order valence-electron chi connectivity index (χ1n) is 25.7. The van der Waals surface area contributed by atoms with Crippen molar-refractivity contribution in [2.75, 3.05) is 13.2 Å². The summed E-state index contributed by atoms with van der Waals surface area (Å²) in [6, 6.07) is 0. The highest BCUT2D eigenvalue weighted by molar-refractivity contribution is 5.71. The quantitative estimate of drug-likeness (QED) is 0.0263. The molecule has 0 spiro atoms. The van der Waals surface area contributed by atoms with Gasteiger partial charge in [0.15, 0.2) is 6.10 Å². The van der Waals surface area contributed by atoms with Crippen LogP contribution in [-0.4, -0.2) is 37.2 Å². The Morgan fingerprint density at radius 1 is 0.328 bits per heavy atom. The van der Waals surface area contributed by atoms with Gasteiger partial charge in [0.2, 0.25) is 0 Å². The van der Waals surface area contributed by atoms with Crippen LogP contribution in [0.2, 0.25) is 0 Å². The van der Waals surface area contributed by atoms with E-state index >= 15 is 0 Å². The lowest BCUT2D eigenvalue weighted by atomic mass is 10.0. The smallest absolute Gasteiger partial charge is 0.306 e. The molecule has 0 bridgehead atoms. The molecule has 0 fully saturated rings. The molecular weight excluding hydrogens is 721 g/mol. The zero-order valence-corrected chi connectivity index (χ0v) is 39.1. The van der Waals surface area contributed by atoms with E-state index in [9.17, 15) is 14.4 Å². The van der Waals surface area contributed by atoms with Crippen molar-refractivity contribution in [1.29, 1.82) is 0 Å². The maximum Gasteiger partial charge on any atom is 0.306 e. The molecule has 0 aliphatic heterocycles. The van der Waals surface area contributed by atoms with Gasteiger partial charge in [-0.05, 0) is 38.5 Å². The number of unbranched alkanes of at least 4 members (excludes halogenated alkanes) is 34. The Hall–Kier alpha value is -1.85. The molecule has 0 saturated carbocycles. The molecule has 58 heavy (non-hydrogen) atoms. The Balaban J connectivity index is 4.25. The van der Waals surface area contributed by atoms with Crippen LogP contribution < -0.4 is 0 Å². The summed E-state index contributed by atoms with van der Waals surface area (Å²) in [4.78, 5) is 37.8. The molecule has 1 atom stereocenters. The van der Waals surface area contributed by atoms with Crippen LogP contribution in [0.1, 0.15) is 284 Å². The van der Waals surface area contributed by atoms with Crippen LogP contribution >= 0.6 is 0 Å². The lowest BCUT2D eigenvalue weighted by Gasteiger charge is -2.18. The molecule has 1 unspecified atom stereocenters. The summed E-state index contributed by atoms with van der Waals surface area (Å²) in [6.07, 6.45) is 52.0. The van der Waals surface area contributed by atoms with E-state index in [1.807, 2.05) is 0 Å². The fourth-order valence-corrected chi connectivity index (χ4v) is 7.60. The Morgan fingerprint density at radius 2 is 0.586 bits per heavy atom. The molecule has 0 N–H and O–H groups in total. The first-order chi connectivity index (χ1) is 28.5. The third kappa shape index (κ3) is 45.2. The molecule has 0 radical (unpaired) electrons. The number of ether oxygens (including phenoxy) is 3. The van der Waals surface area contributed by atoms with Gasteiger partial charge in [-0.1, -0.05) is 238 Å². The van der Waals surface area contributed by atoms with Crippen molar-refractivity contribution in [3.63, 3.8) is 0 Å². The van der Waals surface area contributed by atoms with Crippen LogP contribution in [0, 0.1) is 0 Å². The van der Waals surface area contributed by atoms with Gasteiger partial charge >= 0.3 is 17.9 Å². The predicted molar refractivity (Wildman–Crippen MR) is 247 cm³/mol. The number of carbonyl (C=O) groups is 3. The first kappa shape index (κ1) is 56.1. The van der Waals surface area contributed by atoms with Crippen LogP contribution in [0.4, 0.5) is 0 Å². The highest BCUT2D eigenvalue weighted by Gasteiger charge is 2.19. The van der Waals surface area contributed by atoms with Crippen molar-refractivity contribution in [2.45, 2.75) is 290 Å². The number of hydrogen-bond donors (Lipinski definition) is 0. The fraction of sp³-hybridized carbons (Fsp3) is 0.904. The Labute approximate surface area is 360 Å². The van der Waals surface area contributed by atoms with E-state index in [1.165, 1.54) is 180 Å². The molecule has 6 heteroatoms. The maximum atomic E-state index is 12.7. The van der Waals surface area contributed by atoms with E-state index in [4.69, 9.17) is 14.2 Å². The predicted octanol–water partition coefficient (Wildman–Crippen LogP) is 16.6. The minimum atomic E-state index is -0.766. The van der Waals surface area contributed by atoms with E-state index in [1.54, 1.807) is 0 Å². The molecule has 0 saturated heterocycles. The number of hydrogen-bond acceptors (Lipinski definition) is 6. The zero-order valence-electron chi connectivity index (χ0n) is 39.1. The second kappa shape index (κ2) is 47.8. The highest BCUT2D eigenvalue weighted by atomic mass is 16.6. The van der Waals surface area contributed by atoms with Crippen LogP contribution in [-0.2, 0) is 28.6 Å². The highest BCUT2D eigenvalue weighted by Crippen LogP contribution is 2.16. The molecule has 0 aliphatic carbocycles. The number of carbonyl (C=O) groups excluding carboxylic acids is 3. The van der Waals surface area contributed by atoms with Gasteiger partial charge in [0, 0.05) is 19.3 Å².